The van der Waals surface area contributed by atoms with Gasteiger partial charge in [0.05, 0.1) is 42.7 Å². The van der Waals surface area contributed by atoms with Gasteiger partial charge in [-0.1, -0.05) is 85.2 Å². The molecule has 0 saturated carbocycles. The predicted molar refractivity (Wildman–Crippen MR) is 205 cm³/mol. The molecule has 9 atom stereocenters. The van der Waals surface area contributed by atoms with E-state index in [1.807, 2.05) is 90.9 Å². The van der Waals surface area contributed by atoms with Gasteiger partial charge in [-0.3, -0.25) is 24.1 Å². The van der Waals surface area contributed by atoms with Gasteiger partial charge in [-0.2, -0.15) is 0 Å². The standard InChI is InChI=1S/C40H67N5O8/c1-13-26(6)35(44(10)39(49)33(24(2)3)42-38(48)34(25(4)5)43(8)9)31(52-11)23-32(46)45-21-17-20-30(45)36(53-12)27(7)37(47)41-29(40(50)51)22-28-18-15-14-16-19-28/h14-16,18-19,24-27,29-31,33-36H,13,17,20-23H2,1-12H3,(H,41,47)(H,42,48)(H,50,51)/t26-,27+,29-,30-,31+,33-,34?,35-,36+/m0/s1. The highest BCUT2D eigenvalue weighted by molar-refractivity contribution is 5.90. The highest BCUT2D eigenvalue weighted by atomic mass is 16.5. The van der Waals surface area contributed by atoms with E-state index in [2.05, 4.69) is 10.6 Å². The lowest BCUT2D eigenvalue weighted by Gasteiger charge is -2.41. The van der Waals surface area contributed by atoms with Gasteiger partial charge in [0, 0.05) is 34.2 Å². The average molecular weight is 746 g/mol. The third-order valence-electron chi connectivity index (χ3n) is 10.8. The molecule has 0 bridgehead atoms. The second-order valence-corrected chi connectivity index (χ2v) is 15.6. The smallest absolute Gasteiger partial charge is 0.326 e. The number of carboxylic acid groups (broad SMARTS) is 1. The van der Waals surface area contributed by atoms with Crippen LogP contribution < -0.4 is 10.6 Å². The van der Waals surface area contributed by atoms with Crippen molar-refractivity contribution in [2.24, 2.45) is 23.7 Å². The number of rotatable bonds is 21. The quantitative estimate of drug-likeness (QED) is 0.172. The van der Waals surface area contributed by atoms with Gasteiger partial charge in [-0.15, -0.1) is 0 Å². The van der Waals surface area contributed by atoms with Gasteiger partial charge in [-0.25, -0.2) is 4.79 Å². The average Bonchev–Trinajstić information content (AvgIpc) is 3.59. The molecule has 53 heavy (non-hydrogen) atoms. The van der Waals surface area contributed by atoms with Crippen LogP contribution in [0.25, 0.3) is 0 Å². The number of hydrogen-bond acceptors (Lipinski definition) is 8. The van der Waals surface area contributed by atoms with E-state index < -0.39 is 60.2 Å². The van der Waals surface area contributed by atoms with Crippen LogP contribution in [-0.2, 0) is 39.9 Å². The molecule has 0 spiro atoms. The van der Waals surface area contributed by atoms with Crippen LogP contribution in [0.1, 0.15) is 79.7 Å². The summed E-state index contributed by atoms with van der Waals surface area (Å²) >= 11 is 0. The Morgan fingerprint density at radius 3 is 2.02 bits per heavy atom. The molecule has 1 fully saturated rings. The molecule has 1 heterocycles. The van der Waals surface area contributed by atoms with Crippen molar-refractivity contribution in [2.45, 2.75) is 123 Å². The molecule has 1 aliphatic heterocycles. The number of carbonyl (C=O) groups is 5. The molecule has 0 radical (unpaired) electrons. The highest BCUT2D eigenvalue weighted by Crippen LogP contribution is 2.30. The minimum absolute atomic E-state index is 0.0104. The fourth-order valence-electron chi connectivity index (χ4n) is 7.76. The summed E-state index contributed by atoms with van der Waals surface area (Å²) in [5, 5.41) is 15.6. The lowest BCUT2D eigenvalue weighted by Crippen LogP contribution is -2.59. The zero-order chi connectivity index (χ0) is 40.2. The van der Waals surface area contributed by atoms with Crippen LogP contribution in [0.15, 0.2) is 30.3 Å². The first-order chi connectivity index (χ1) is 24.9. The number of likely N-dealkylation sites (N-methyl/N-ethyl adjacent to an activating group) is 2. The van der Waals surface area contributed by atoms with Crippen molar-refractivity contribution in [2.75, 3.05) is 41.9 Å². The zero-order valence-corrected chi connectivity index (χ0v) is 34.1. The lowest BCUT2D eigenvalue weighted by molar-refractivity contribution is -0.148. The molecule has 1 aromatic carbocycles. The summed E-state index contributed by atoms with van der Waals surface area (Å²) in [4.78, 5) is 72.5. The third kappa shape index (κ3) is 12.2. The van der Waals surface area contributed by atoms with Crippen LogP contribution in [-0.4, -0.2) is 134 Å². The van der Waals surface area contributed by atoms with Crippen LogP contribution in [0.2, 0.25) is 0 Å². The zero-order valence-electron chi connectivity index (χ0n) is 34.1. The summed E-state index contributed by atoms with van der Waals surface area (Å²) in [5.41, 5.74) is 0.785. The van der Waals surface area contributed by atoms with E-state index in [9.17, 15) is 29.1 Å². The molecule has 0 aliphatic carbocycles. The van der Waals surface area contributed by atoms with Crippen LogP contribution in [0.5, 0.6) is 0 Å². The molecular formula is C40H67N5O8. The van der Waals surface area contributed by atoms with Crippen molar-refractivity contribution in [3.05, 3.63) is 35.9 Å². The van der Waals surface area contributed by atoms with Gasteiger partial charge in [-0.05, 0) is 50.3 Å². The Morgan fingerprint density at radius 1 is 0.906 bits per heavy atom. The summed E-state index contributed by atoms with van der Waals surface area (Å²) in [6.45, 7) is 13.9. The number of methoxy groups -OCH3 is 2. The second kappa shape index (κ2) is 21.4. The fraction of sp³-hybridized carbons (Fsp3) is 0.725. The van der Waals surface area contributed by atoms with E-state index in [0.717, 1.165) is 12.0 Å². The number of carbonyl (C=O) groups excluding carboxylic acids is 4. The molecule has 300 valence electrons. The summed E-state index contributed by atoms with van der Waals surface area (Å²) in [7, 11) is 8.44. The van der Waals surface area contributed by atoms with Crippen molar-refractivity contribution in [1.29, 1.82) is 0 Å². The molecular weight excluding hydrogens is 678 g/mol. The largest absolute Gasteiger partial charge is 0.480 e. The van der Waals surface area contributed by atoms with Crippen molar-refractivity contribution >= 4 is 29.6 Å². The van der Waals surface area contributed by atoms with Gasteiger partial charge < -0.3 is 35.0 Å². The van der Waals surface area contributed by atoms with Crippen LogP contribution >= 0.6 is 0 Å². The Bertz CT molecular complexity index is 1330. The second-order valence-electron chi connectivity index (χ2n) is 15.6. The lowest BCUT2D eigenvalue weighted by atomic mass is 9.89. The van der Waals surface area contributed by atoms with Gasteiger partial charge in [0.15, 0.2) is 0 Å². The number of ether oxygens (including phenoxy) is 2. The molecule has 3 N–H and O–H groups in total. The Morgan fingerprint density at radius 2 is 1.53 bits per heavy atom. The Kier molecular flexibility index (Phi) is 18.4. The number of nitrogens with one attached hydrogen (secondary N) is 2. The maximum atomic E-state index is 14.2. The molecule has 13 heteroatoms. The van der Waals surface area contributed by atoms with Crippen LogP contribution in [0.4, 0.5) is 0 Å². The monoisotopic (exact) mass is 745 g/mol. The fourth-order valence-corrected chi connectivity index (χ4v) is 7.76. The van der Waals surface area contributed by atoms with Crippen molar-refractivity contribution < 1.29 is 38.6 Å². The van der Waals surface area contributed by atoms with Crippen molar-refractivity contribution in [3.63, 3.8) is 0 Å². The minimum Gasteiger partial charge on any atom is -0.480 e. The number of carboxylic acids is 1. The third-order valence-corrected chi connectivity index (χ3v) is 10.8. The Hall–Kier alpha value is -3.55. The maximum absolute atomic E-state index is 14.2. The van der Waals surface area contributed by atoms with E-state index in [1.165, 1.54) is 14.2 Å². The first kappa shape index (κ1) is 45.6. The molecule has 1 aliphatic rings. The molecule has 4 amide bonds. The molecule has 13 nitrogen and oxygen atoms in total. The number of likely N-dealkylation sites (tertiary alicyclic amines) is 1. The minimum atomic E-state index is -1.14. The maximum Gasteiger partial charge on any atom is 0.326 e. The first-order valence-electron chi connectivity index (χ1n) is 19.1. The van der Waals surface area contributed by atoms with E-state index in [4.69, 9.17) is 9.47 Å². The van der Waals surface area contributed by atoms with Crippen LogP contribution in [0.3, 0.4) is 0 Å². The number of nitrogens with zero attached hydrogens (tertiary/aromatic N) is 3. The van der Waals surface area contributed by atoms with Gasteiger partial charge in [0.1, 0.15) is 12.1 Å². The number of hydrogen-bond donors (Lipinski definition) is 3. The first-order valence-corrected chi connectivity index (χ1v) is 19.1. The molecule has 1 unspecified atom stereocenters. The number of amides is 4. The van der Waals surface area contributed by atoms with E-state index in [1.54, 1.807) is 23.8 Å². The predicted octanol–water partition coefficient (Wildman–Crippen LogP) is 3.45. The molecule has 1 saturated heterocycles. The summed E-state index contributed by atoms with van der Waals surface area (Å²) in [6, 6.07) is 5.89. The number of benzene rings is 1. The normalized spacial score (nSPS) is 19.2. The van der Waals surface area contributed by atoms with Gasteiger partial charge >= 0.3 is 5.97 Å². The Labute approximate surface area is 317 Å². The van der Waals surface area contributed by atoms with Gasteiger partial charge in [0.25, 0.3) is 0 Å². The SMILES string of the molecule is CC[C@H](C)[C@@H]([C@@H](CC(=O)N1CCC[C@H]1[C@H](OC)[C@@H](C)C(=O)N[C@@H](Cc1ccccc1)C(=O)O)OC)N(C)C(=O)[C@@H](NC(=O)C(C(C)C)N(C)C)C(C)C. The molecule has 2 rings (SSSR count). The Balaban J connectivity index is 2.27. The van der Waals surface area contributed by atoms with Crippen molar-refractivity contribution in [3.8, 4) is 0 Å². The van der Waals surface area contributed by atoms with Gasteiger partial charge in [0.2, 0.25) is 23.6 Å². The molecule has 0 aromatic heterocycles. The highest BCUT2D eigenvalue weighted by Gasteiger charge is 2.43. The van der Waals surface area contributed by atoms with Crippen molar-refractivity contribution in [1.82, 2.24) is 25.3 Å². The van der Waals surface area contributed by atoms with Crippen LogP contribution in [0, 0.1) is 23.7 Å². The van der Waals surface area contributed by atoms with E-state index in [-0.39, 0.29) is 48.3 Å². The molecule has 1 aromatic rings. The topological polar surface area (TPSA) is 158 Å². The van der Waals surface area contributed by atoms with E-state index in [0.29, 0.717) is 19.4 Å². The summed E-state index contributed by atoms with van der Waals surface area (Å²) in [6.07, 6.45) is 0.820. The summed E-state index contributed by atoms with van der Waals surface area (Å²) in [5.74, 6) is -3.21. The summed E-state index contributed by atoms with van der Waals surface area (Å²) < 4.78 is 11.9. The number of aliphatic carboxylic acids is 1. The van der Waals surface area contributed by atoms with E-state index >= 15 is 0 Å².